The van der Waals surface area contributed by atoms with E-state index < -0.39 is 8.28 Å². The summed E-state index contributed by atoms with van der Waals surface area (Å²) in [6.07, 6.45) is 0. The number of thiol groups is 2. The van der Waals surface area contributed by atoms with Crippen molar-refractivity contribution in [3.8, 4) is 5.75 Å². The molecule has 3 aromatic rings. The number of carbonyl (C=O) groups excluding carboxylic acids is 1. The molecule has 0 aliphatic rings. The molecule has 0 atom stereocenters. The molecule has 30 heavy (non-hydrogen) atoms. The number of amides is 2. The Hall–Kier alpha value is -2.42. The first-order chi connectivity index (χ1) is 14.4. The molecule has 0 bridgehead atoms. The molecule has 0 radical (unpaired) electrons. The monoisotopic (exact) mass is 459 g/mol. The van der Waals surface area contributed by atoms with Crippen LogP contribution in [-0.4, -0.2) is 13.1 Å². The standard InChI is InChI=1S/C22H25N3O2S3/c1-27-21-13-7-17(8-14-21)15-23-22(26)24-19-9-11-20(12-10-19)25-30(28,29)16-18-5-3-2-4-6-18/h2-14,25,28-29H,15-16H2,1H3,(H2,23,24,26). The largest absolute Gasteiger partial charge is 0.497 e. The van der Waals surface area contributed by atoms with Crippen LogP contribution in [0.4, 0.5) is 16.2 Å². The maximum atomic E-state index is 12.1. The second-order valence-electron chi connectivity index (χ2n) is 6.63. The lowest BCUT2D eigenvalue weighted by Crippen LogP contribution is -2.28. The van der Waals surface area contributed by atoms with Crippen LogP contribution in [0.2, 0.25) is 0 Å². The van der Waals surface area contributed by atoms with Crippen molar-refractivity contribution in [2.24, 2.45) is 0 Å². The molecule has 0 spiro atoms. The number of rotatable bonds is 8. The summed E-state index contributed by atoms with van der Waals surface area (Å²) in [4.78, 5) is 12.1. The van der Waals surface area contributed by atoms with Gasteiger partial charge in [-0.05, 0) is 47.5 Å². The number of ether oxygens (including phenoxy) is 1. The van der Waals surface area contributed by atoms with Gasteiger partial charge in [-0.25, -0.2) is 4.79 Å². The molecule has 0 aromatic heterocycles. The minimum Gasteiger partial charge on any atom is -0.497 e. The third-order valence-corrected chi connectivity index (χ3v) is 6.87. The molecule has 2 amide bonds. The predicted octanol–water partition coefficient (Wildman–Crippen LogP) is 6.04. The fourth-order valence-electron chi connectivity index (χ4n) is 2.75. The summed E-state index contributed by atoms with van der Waals surface area (Å²) in [5.74, 6) is 1.52. The molecule has 3 aromatic carbocycles. The van der Waals surface area contributed by atoms with E-state index in [9.17, 15) is 4.79 Å². The number of methoxy groups -OCH3 is 1. The number of benzene rings is 3. The summed E-state index contributed by atoms with van der Waals surface area (Å²) in [5.41, 5.74) is 3.77. The second-order valence-corrected chi connectivity index (χ2v) is 13.1. The van der Waals surface area contributed by atoms with Gasteiger partial charge in [-0.1, -0.05) is 50.7 Å². The van der Waals surface area contributed by atoms with Gasteiger partial charge in [0.15, 0.2) is 0 Å². The van der Waals surface area contributed by atoms with Gasteiger partial charge in [0.2, 0.25) is 0 Å². The highest BCUT2D eigenvalue weighted by atomic mass is 33.5. The van der Waals surface area contributed by atoms with Crippen molar-refractivity contribution in [2.45, 2.75) is 12.3 Å². The SMILES string of the molecule is COc1ccc(CNC(=O)Nc2ccc(NS(S)(S)Cc3ccccc3)cc2)cc1. The molecular formula is C22H25N3O2S3. The molecule has 8 heteroatoms. The average Bonchev–Trinajstić information content (AvgIpc) is 2.74. The summed E-state index contributed by atoms with van der Waals surface area (Å²) in [6, 6.07) is 24.9. The molecule has 0 aliphatic carbocycles. The molecule has 0 unspecified atom stereocenters. The van der Waals surface area contributed by atoms with E-state index in [0.29, 0.717) is 12.2 Å². The number of hydrogen-bond donors (Lipinski definition) is 5. The highest BCUT2D eigenvalue weighted by molar-refractivity contribution is 9.18. The van der Waals surface area contributed by atoms with Gasteiger partial charge >= 0.3 is 6.03 Å². The molecule has 0 fully saturated rings. The smallest absolute Gasteiger partial charge is 0.319 e. The first-order valence-electron chi connectivity index (χ1n) is 9.29. The van der Waals surface area contributed by atoms with E-state index in [1.807, 2.05) is 66.7 Å². The zero-order valence-electron chi connectivity index (χ0n) is 16.5. The minimum absolute atomic E-state index is 0.265. The Morgan fingerprint density at radius 1 is 0.867 bits per heavy atom. The quantitative estimate of drug-likeness (QED) is 0.211. The highest BCUT2D eigenvalue weighted by Crippen LogP contribution is 2.59. The van der Waals surface area contributed by atoms with E-state index in [4.69, 9.17) is 28.1 Å². The van der Waals surface area contributed by atoms with Crippen LogP contribution < -0.4 is 20.1 Å². The Morgan fingerprint density at radius 2 is 1.50 bits per heavy atom. The average molecular weight is 460 g/mol. The minimum atomic E-state index is -1.64. The molecule has 0 saturated heterocycles. The van der Waals surface area contributed by atoms with Crippen molar-refractivity contribution in [1.82, 2.24) is 5.32 Å². The van der Waals surface area contributed by atoms with Crippen LogP contribution in [-0.2, 0) is 12.3 Å². The fraction of sp³-hybridized carbons (Fsp3) is 0.136. The molecule has 0 heterocycles. The van der Waals surface area contributed by atoms with Gasteiger partial charge in [0.05, 0.1) is 7.11 Å². The van der Waals surface area contributed by atoms with Crippen LogP contribution in [0.25, 0.3) is 0 Å². The Bertz CT molecular complexity index is 950. The van der Waals surface area contributed by atoms with Gasteiger partial charge in [0.25, 0.3) is 0 Å². The summed E-state index contributed by atoms with van der Waals surface area (Å²) < 4.78 is 8.51. The Labute approximate surface area is 188 Å². The Balaban J connectivity index is 1.49. The maximum Gasteiger partial charge on any atom is 0.319 e. The van der Waals surface area contributed by atoms with Gasteiger partial charge in [0.1, 0.15) is 5.75 Å². The van der Waals surface area contributed by atoms with Crippen molar-refractivity contribution in [3.05, 3.63) is 90.0 Å². The number of anilines is 2. The van der Waals surface area contributed by atoms with Crippen molar-refractivity contribution < 1.29 is 9.53 Å². The van der Waals surface area contributed by atoms with Gasteiger partial charge in [0, 0.05) is 23.7 Å². The molecular weight excluding hydrogens is 434 g/mol. The van der Waals surface area contributed by atoms with E-state index in [-0.39, 0.29) is 6.03 Å². The fourth-order valence-corrected chi connectivity index (χ4v) is 5.52. The van der Waals surface area contributed by atoms with Crippen LogP contribution in [0.3, 0.4) is 0 Å². The second kappa shape index (κ2) is 10.6. The number of nitrogens with one attached hydrogen (secondary N) is 3. The lowest BCUT2D eigenvalue weighted by Gasteiger charge is -2.30. The summed E-state index contributed by atoms with van der Waals surface area (Å²) in [6.45, 7) is 0.431. The highest BCUT2D eigenvalue weighted by Gasteiger charge is 2.15. The van der Waals surface area contributed by atoms with Gasteiger partial charge < -0.3 is 20.1 Å². The van der Waals surface area contributed by atoms with E-state index in [2.05, 4.69) is 27.5 Å². The van der Waals surface area contributed by atoms with Crippen LogP contribution in [0.15, 0.2) is 78.9 Å². The number of hydrogen-bond acceptors (Lipinski definition) is 5. The predicted molar refractivity (Wildman–Crippen MR) is 135 cm³/mol. The molecule has 5 nitrogen and oxygen atoms in total. The third kappa shape index (κ3) is 7.12. The van der Waals surface area contributed by atoms with Gasteiger partial charge in [-0.3, -0.25) is 0 Å². The van der Waals surface area contributed by atoms with Gasteiger partial charge in [-0.2, -0.15) is 0 Å². The van der Waals surface area contributed by atoms with Crippen LogP contribution in [0, 0.1) is 0 Å². The van der Waals surface area contributed by atoms with Gasteiger partial charge in [-0.15, -0.1) is 23.3 Å². The van der Waals surface area contributed by atoms with E-state index in [1.54, 1.807) is 7.11 Å². The zero-order chi connectivity index (χ0) is 21.4. The first-order valence-corrected chi connectivity index (χ1v) is 13.2. The first kappa shape index (κ1) is 22.3. The molecule has 0 aliphatic heterocycles. The van der Waals surface area contributed by atoms with Crippen LogP contribution >= 0.6 is 31.6 Å². The van der Waals surface area contributed by atoms with Crippen LogP contribution in [0.5, 0.6) is 5.75 Å². The van der Waals surface area contributed by atoms with Crippen molar-refractivity contribution >= 4 is 49.0 Å². The van der Waals surface area contributed by atoms with Crippen molar-refractivity contribution in [3.63, 3.8) is 0 Å². The lowest BCUT2D eigenvalue weighted by atomic mass is 10.2. The number of urea groups is 1. The maximum absolute atomic E-state index is 12.1. The third-order valence-electron chi connectivity index (χ3n) is 4.25. The topological polar surface area (TPSA) is 62.4 Å². The Morgan fingerprint density at radius 3 is 2.13 bits per heavy atom. The summed E-state index contributed by atoms with van der Waals surface area (Å²) >= 11 is 9.43. The van der Waals surface area contributed by atoms with Crippen molar-refractivity contribution in [2.75, 3.05) is 17.1 Å². The lowest BCUT2D eigenvalue weighted by molar-refractivity contribution is 0.251. The summed E-state index contributed by atoms with van der Waals surface area (Å²) in [7, 11) is -0.0141. The molecule has 3 N–H and O–H groups in total. The normalized spacial score (nSPS) is 11.4. The van der Waals surface area contributed by atoms with E-state index >= 15 is 0 Å². The molecule has 158 valence electrons. The molecule has 3 rings (SSSR count). The van der Waals surface area contributed by atoms with Crippen molar-refractivity contribution in [1.29, 1.82) is 0 Å². The van der Waals surface area contributed by atoms with E-state index in [1.165, 1.54) is 5.56 Å². The summed E-state index contributed by atoms with van der Waals surface area (Å²) in [5, 5.41) is 5.67. The number of carbonyl (C=O) groups is 1. The van der Waals surface area contributed by atoms with Crippen LogP contribution in [0.1, 0.15) is 11.1 Å². The Kier molecular flexibility index (Phi) is 7.84. The zero-order valence-corrected chi connectivity index (χ0v) is 19.1. The molecule has 0 saturated carbocycles. The van der Waals surface area contributed by atoms with E-state index in [0.717, 1.165) is 22.8 Å².